The fraction of sp³-hybridized carbons (Fsp3) is 0.400. The van der Waals surface area contributed by atoms with Crippen LogP contribution in [-0.2, 0) is 19.1 Å². The maximum Gasteiger partial charge on any atom is 0.232 e. The highest BCUT2D eigenvalue weighted by Crippen LogP contribution is 2.11. The molecule has 18 heavy (non-hydrogen) atoms. The van der Waals surface area contributed by atoms with Crippen molar-refractivity contribution in [3.05, 3.63) is 29.8 Å². The average Bonchev–Trinajstić information content (AvgIpc) is 2.18. The van der Waals surface area contributed by atoms with Crippen LogP contribution in [0.25, 0.3) is 0 Å². The van der Waals surface area contributed by atoms with Gasteiger partial charge in [-0.15, -0.1) is 0 Å². The van der Waals surface area contributed by atoms with Crippen LogP contribution in [0.1, 0.15) is 12.0 Å². The first-order chi connectivity index (χ1) is 8.18. The molecule has 0 aliphatic heterocycles. The van der Waals surface area contributed by atoms with Gasteiger partial charge in [-0.1, -0.05) is 17.7 Å². The first kappa shape index (κ1) is 15.3. The number of nitrogens with one attached hydrogen (secondary N) is 1. The Balaban J connectivity index is 2.57. The Kier molecular flexibility index (Phi) is 5.01. The summed E-state index contributed by atoms with van der Waals surface area (Å²) in [6, 6.07) is 6.85. The van der Waals surface area contributed by atoms with Crippen molar-refractivity contribution in [2.24, 2.45) is 0 Å². The lowest BCUT2D eigenvalue weighted by Crippen LogP contribution is -2.18. The molecule has 1 rings (SSSR count). The smallest absolute Gasteiger partial charge is 0.232 e. The molecule has 0 spiro atoms. The topological polar surface area (TPSA) is 80.3 Å². The van der Waals surface area contributed by atoms with Gasteiger partial charge in [0.05, 0.1) is 11.5 Å². The molecule has 1 aromatic rings. The van der Waals surface area contributed by atoms with Crippen molar-refractivity contribution < 1.29 is 16.8 Å². The van der Waals surface area contributed by atoms with Gasteiger partial charge in [0.15, 0.2) is 0 Å². The second-order valence-corrected chi connectivity index (χ2v) is 8.62. The van der Waals surface area contributed by atoms with Gasteiger partial charge in [0.2, 0.25) is 19.1 Å². The Morgan fingerprint density at radius 2 is 1.61 bits per heavy atom. The summed E-state index contributed by atoms with van der Waals surface area (Å²) in [7, 11) is -2.19. The van der Waals surface area contributed by atoms with Crippen molar-refractivity contribution in [1.82, 2.24) is 0 Å². The zero-order valence-corrected chi connectivity index (χ0v) is 12.1. The molecule has 0 aromatic heterocycles. The van der Waals surface area contributed by atoms with Crippen LogP contribution in [0.4, 0.5) is 5.69 Å². The third kappa shape index (κ3) is 6.23. The Bertz CT molecular complexity index is 593. The summed E-state index contributed by atoms with van der Waals surface area (Å²) in [5.41, 5.74) is 1.47. The molecule has 0 aliphatic carbocycles. The molecule has 1 aromatic carbocycles. The van der Waals surface area contributed by atoms with Crippen molar-refractivity contribution >= 4 is 35.4 Å². The third-order valence-electron chi connectivity index (χ3n) is 2.13. The molecule has 0 aliphatic rings. The highest BCUT2D eigenvalue weighted by molar-refractivity contribution is 8.13. The fourth-order valence-corrected chi connectivity index (χ4v) is 3.39. The average molecular weight is 312 g/mol. The van der Waals surface area contributed by atoms with Gasteiger partial charge in [-0.3, -0.25) is 4.72 Å². The van der Waals surface area contributed by atoms with Crippen LogP contribution in [0.15, 0.2) is 24.3 Å². The summed E-state index contributed by atoms with van der Waals surface area (Å²) in [6.07, 6.45) is -0.0347. The van der Waals surface area contributed by atoms with E-state index >= 15 is 0 Å². The molecule has 0 bridgehead atoms. The maximum atomic E-state index is 11.6. The van der Waals surface area contributed by atoms with Crippen molar-refractivity contribution in [2.75, 3.05) is 16.2 Å². The van der Waals surface area contributed by atoms with Crippen LogP contribution in [0.2, 0.25) is 0 Å². The standard InChI is InChI=1S/C10H14ClNO4S2/c1-9-3-5-10(6-4-9)12-18(15,16)8-2-7-17(11,13)14/h3-6,12H,2,7-8H2,1H3. The van der Waals surface area contributed by atoms with Gasteiger partial charge >= 0.3 is 0 Å². The molecule has 0 atom stereocenters. The van der Waals surface area contributed by atoms with Gasteiger partial charge in [0, 0.05) is 16.4 Å². The van der Waals surface area contributed by atoms with Gasteiger partial charge in [0.25, 0.3) is 0 Å². The monoisotopic (exact) mass is 311 g/mol. The van der Waals surface area contributed by atoms with E-state index in [4.69, 9.17) is 10.7 Å². The van der Waals surface area contributed by atoms with E-state index in [1.807, 2.05) is 6.92 Å². The summed E-state index contributed by atoms with van der Waals surface area (Å²) < 4.78 is 46.9. The molecule has 0 unspecified atom stereocenters. The molecule has 8 heteroatoms. The molecular weight excluding hydrogens is 298 g/mol. The summed E-state index contributed by atoms with van der Waals surface area (Å²) in [5, 5.41) is 0. The first-order valence-electron chi connectivity index (χ1n) is 5.17. The van der Waals surface area contributed by atoms with Gasteiger partial charge in [0.1, 0.15) is 0 Å². The van der Waals surface area contributed by atoms with E-state index in [9.17, 15) is 16.8 Å². The van der Waals surface area contributed by atoms with Crippen LogP contribution in [0.3, 0.4) is 0 Å². The Hall–Kier alpha value is -0.790. The predicted octanol–water partition coefficient (Wildman–Crippen LogP) is 1.70. The third-order valence-corrected chi connectivity index (χ3v) is 4.74. The zero-order valence-electron chi connectivity index (χ0n) is 9.76. The van der Waals surface area contributed by atoms with Crippen LogP contribution in [-0.4, -0.2) is 28.3 Å². The minimum absolute atomic E-state index is 0.0347. The Labute approximate surface area is 112 Å². The zero-order chi connectivity index (χ0) is 13.8. The number of aryl methyl sites for hydroxylation is 1. The minimum Gasteiger partial charge on any atom is -0.284 e. The number of halogens is 1. The Morgan fingerprint density at radius 1 is 1.06 bits per heavy atom. The summed E-state index contributed by atoms with van der Waals surface area (Å²) >= 11 is 0. The lowest BCUT2D eigenvalue weighted by molar-refractivity contribution is 0.598. The number of hydrogen-bond acceptors (Lipinski definition) is 4. The fourth-order valence-electron chi connectivity index (χ4n) is 1.27. The molecule has 0 saturated heterocycles. The van der Waals surface area contributed by atoms with Crippen molar-refractivity contribution in [1.29, 1.82) is 0 Å². The molecular formula is C10H14ClNO4S2. The molecule has 0 saturated carbocycles. The second kappa shape index (κ2) is 5.90. The highest BCUT2D eigenvalue weighted by Gasteiger charge is 2.13. The number of anilines is 1. The van der Waals surface area contributed by atoms with Gasteiger partial charge < -0.3 is 0 Å². The Morgan fingerprint density at radius 3 is 2.11 bits per heavy atom. The number of benzene rings is 1. The number of rotatable bonds is 6. The molecule has 1 N–H and O–H groups in total. The van der Waals surface area contributed by atoms with E-state index in [1.54, 1.807) is 24.3 Å². The van der Waals surface area contributed by atoms with E-state index < -0.39 is 19.1 Å². The van der Waals surface area contributed by atoms with Crippen molar-refractivity contribution in [2.45, 2.75) is 13.3 Å². The van der Waals surface area contributed by atoms with Gasteiger partial charge in [-0.05, 0) is 25.5 Å². The summed E-state index contributed by atoms with van der Waals surface area (Å²) in [6.45, 7) is 1.89. The molecule has 102 valence electrons. The number of sulfonamides is 1. The first-order valence-corrected chi connectivity index (χ1v) is 9.30. The van der Waals surface area contributed by atoms with E-state index in [0.29, 0.717) is 5.69 Å². The quantitative estimate of drug-likeness (QED) is 0.811. The summed E-state index contributed by atoms with van der Waals surface area (Å²) in [4.78, 5) is 0. The lowest BCUT2D eigenvalue weighted by Gasteiger charge is -2.07. The van der Waals surface area contributed by atoms with Gasteiger partial charge in [-0.2, -0.15) is 0 Å². The number of hydrogen-bond donors (Lipinski definition) is 1. The van der Waals surface area contributed by atoms with E-state index in [1.165, 1.54) is 0 Å². The SMILES string of the molecule is Cc1ccc(NS(=O)(=O)CCCS(=O)(=O)Cl)cc1. The molecule has 5 nitrogen and oxygen atoms in total. The van der Waals surface area contributed by atoms with Crippen LogP contribution in [0.5, 0.6) is 0 Å². The van der Waals surface area contributed by atoms with E-state index in [2.05, 4.69) is 4.72 Å². The molecule has 0 amide bonds. The van der Waals surface area contributed by atoms with Crippen molar-refractivity contribution in [3.63, 3.8) is 0 Å². The van der Waals surface area contributed by atoms with Crippen LogP contribution in [0, 0.1) is 6.92 Å². The molecule has 0 fully saturated rings. The molecule has 0 radical (unpaired) electrons. The lowest BCUT2D eigenvalue weighted by atomic mass is 10.2. The van der Waals surface area contributed by atoms with Crippen LogP contribution < -0.4 is 4.72 Å². The van der Waals surface area contributed by atoms with E-state index in [0.717, 1.165) is 5.56 Å². The van der Waals surface area contributed by atoms with Crippen molar-refractivity contribution in [3.8, 4) is 0 Å². The normalized spacial score (nSPS) is 12.3. The largest absolute Gasteiger partial charge is 0.284 e. The van der Waals surface area contributed by atoms with Gasteiger partial charge in [-0.25, -0.2) is 16.8 Å². The molecule has 0 heterocycles. The maximum absolute atomic E-state index is 11.6. The predicted molar refractivity (Wildman–Crippen MR) is 72.8 cm³/mol. The summed E-state index contributed by atoms with van der Waals surface area (Å²) in [5.74, 6) is -0.643. The van der Waals surface area contributed by atoms with E-state index in [-0.39, 0.29) is 17.9 Å². The minimum atomic E-state index is -3.65. The second-order valence-electron chi connectivity index (χ2n) is 3.88. The van der Waals surface area contributed by atoms with Crippen LogP contribution >= 0.6 is 10.7 Å². The highest BCUT2D eigenvalue weighted by atomic mass is 35.7.